The number of carbonyl (C=O) groups excluding carboxylic acids is 1. The van der Waals surface area contributed by atoms with Crippen molar-refractivity contribution in [2.24, 2.45) is 11.3 Å². The van der Waals surface area contributed by atoms with Gasteiger partial charge in [-0.05, 0) is 23.8 Å². The molecule has 86 valence electrons. The summed E-state index contributed by atoms with van der Waals surface area (Å²) in [5.41, 5.74) is 1.38. The van der Waals surface area contributed by atoms with Crippen LogP contribution in [0.25, 0.3) is 0 Å². The summed E-state index contributed by atoms with van der Waals surface area (Å²) in [5.74, 6) is 0.0851. The van der Waals surface area contributed by atoms with E-state index in [1.807, 2.05) is 30.3 Å². The van der Waals surface area contributed by atoms with Gasteiger partial charge in [-0.2, -0.15) is 0 Å². The van der Waals surface area contributed by atoms with Crippen molar-refractivity contribution in [3.05, 3.63) is 35.9 Å². The summed E-state index contributed by atoms with van der Waals surface area (Å²) in [6.07, 6.45) is 1.92. The van der Waals surface area contributed by atoms with Gasteiger partial charge < -0.3 is 4.74 Å². The molecule has 1 aliphatic rings. The normalized spacial score (nSPS) is 18.9. The fraction of sp³-hybridized carbons (Fsp3) is 0.500. The van der Waals surface area contributed by atoms with Gasteiger partial charge in [0.25, 0.3) is 0 Å². The molecule has 0 heterocycles. The van der Waals surface area contributed by atoms with Crippen LogP contribution in [0.2, 0.25) is 0 Å². The van der Waals surface area contributed by atoms with Gasteiger partial charge in [-0.3, -0.25) is 4.79 Å². The lowest BCUT2D eigenvalue weighted by Crippen LogP contribution is -2.37. The molecule has 1 fully saturated rings. The number of esters is 1. The van der Waals surface area contributed by atoms with Crippen LogP contribution in [0.3, 0.4) is 0 Å². The summed E-state index contributed by atoms with van der Waals surface area (Å²) in [7, 11) is 0. The van der Waals surface area contributed by atoms with Crippen molar-refractivity contribution in [1.82, 2.24) is 0 Å². The molecule has 0 amide bonds. The summed E-state index contributed by atoms with van der Waals surface area (Å²) in [4.78, 5) is 11.7. The summed E-state index contributed by atoms with van der Waals surface area (Å²) in [6.45, 7) is 4.78. The quantitative estimate of drug-likeness (QED) is 0.728. The highest BCUT2D eigenvalue weighted by Gasteiger charge is 2.41. The van der Waals surface area contributed by atoms with Gasteiger partial charge in [0.1, 0.15) is 6.61 Å². The fourth-order valence-corrected chi connectivity index (χ4v) is 2.29. The SMILES string of the molecule is CC1(C)CC(C(=O)OCc2ccccc2)C1. The molecule has 0 N–H and O–H groups in total. The Kier molecular flexibility index (Phi) is 2.99. The molecular formula is C14H18O2. The number of carbonyl (C=O) groups is 1. The first kappa shape index (κ1) is 11.2. The predicted octanol–water partition coefficient (Wildman–Crippen LogP) is 3.17. The van der Waals surface area contributed by atoms with E-state index in [1.54, 1.807) is 0 Å². The second-order valence-corrected chi connectivity index (χ2v) is 5.36. The minimum atomic E-state index is -0.0387. The van der Waals surface area contributed by atoms with Gasteiger partial charge in [-0.1, -0.05) is 44.2 Å². The van der Waals surface area contributed by atoms with E-state index in [2.05, 4.69) is 13.8 Å². The first-order valence-corrected chi connectivity index (χ1v) is 5.77. The number of ether oxygens (including phenoxy) is 1. The van der Waals surface area contributed by atoms with Crippen LogP contribution in [0.5, 0.6) is 0 Å². The fourth-order valence-electron chi connectivity index (χ4n) is 2.29. The molecule has 0 radical (unpaired) electrons. The molecule has 2 heteroatoms. The standard InChI is InChI=1S/C14H18O2/c1-14(2)8-12(9-14)13(15)16-10-11-6-4-3-5-7-11/h3-7,12H,8-10H2,1-2H3. The molecule has 0 aliphatic heterocycles. The Bertz CT molecular complexity index is 360. The lowest BCUT2D eigenvalue weighted by Gasteiger charge is -2.40. The summed E-state index contributed by atoms with van der Waals surface area (Å²) < 4.78 is 5.29. The Labute approximate surface area is 96.6 Å². The molecule has 1 aliphatic carbocycles. The van der Waals surface area contributed by atoms with E-state index in [0.717, 1.165) is 18.4 Å². The minimum Gasteiger partial charge on any atom is -0.461 e. The molecule has 0 atom stereocenters. The van der Waals surface area contributed by atoms with Crippen molar-refractivity contribution in [3.8, 4) is 0 Å². The molecule has 0 saturated heterocycles. The number of rotatable bonds is 3. The van der Waals surface area contributed by atoms with Crippen LogP contribution >= 0.6 is 0 Å². The van der Waals surface area contributed by atoms with Crippen molar-refractivity contribution in [1.29, 1.82) is 0 Å². The molecule has 2 nitrogen and oxygen atoms in total. The maximum Gasteiger partial charge on any atom is 0.309 e. The van der Waals surface area contributed by atoms with E-state index >= 15 is 0 Å². The number of benzene rings is 1. The Balaban J connectivity index is 1.77. The molecule has 0 aromatic heterocycles. The van der Waals surface area contributed by atoms with Crippen molar-refractivity contribution in [2.75, 3.05) is 0 Å². The molecule has 0 bridgehead atoms. The van der Waals surface area contributed by atoms with Crippen LogP contribution in [-0.2, 0) is 16.1 Å². The van der Waals surface area contributed by atoms with E-state index in [1.165, 1.54) is 0 Å². The third-order valence-electron chi connectivity index (χ3n) is 3.16. The highest BCUT2D eigenvalue weighted by atomic mass is 16.5. The monoisotopic (exact) mass is 218 g/mol. The van der Waals surface area contributed by atoms with Crippen LogP contribution < -0.4 is 0 Å². The summed E-state index contributed by atoms with van der Waals surface area (Å²) >= 11 is 0. The molecule has 2 rings (SSSR count). The van der Waals surface area contributed by atoms with E-state index in [-0.39, 0.29) is 11.9 Å². The van der Waals surface area contributed by atoms with E-state index in [9.17, 15) is 4.79 Å². The van der Waals surface area contributed by atoms with Gasteiger partial charge in [0.15, 0.2) is 0 Å². The second kappa shape index (κ2) is 4.28. The van der Waals surface area contributed by atoms with Gasteiger partial charge in [-0.15, -0.1) is 0 Å². The number of hydrogen-bond donors (Lipinski definition) is 0. The van der Waals surface area contributed by atoms with Crippen molar-refractivity contribution < 1.29 is 9.53 Å². The van der Waals surface area contributed by atoms with Gasteiger partial charge in [0.2, 0.25) is 0 Å². The molecule has 1 aromatic rings. The third-order valence-corrected chi connectivity index (χ3v) is 3.16. The highest BCUT2D eigenvalue weighted by Crippen LogP contribution is 2.45. The highest BCUT2D eigenvalue weighted by molar-refractivity contribution is 5.73. The lowest BCUT2D eigenvalue weighted by atomic mass is 9.64. The van der Waals surface area contributed by atoms with Crippen LogP contribution in [0, 0.1) is 11.3 Å². The van der Waals surface area contributed by atoms with Gasteiger partial charge in [0.05, 0.1) is 5.92 Å². The van der Waals surface area contributed by atoms with E-state index in [0.29, 0.717) is 12.0 Å². The van der Waals surface area contributed by atoms with Gasteiger partial charge in [0, 0.05) is 0 Å². The predicted molar refractivity (Wildman–Crippen MR) is 62.7 cm³/mol. The van der Waals surface area contributed by atoms with Gasteiger partial charge in [-0.25, -0.2) is 0 Å². The zero-order valence-electron chi connectivity index (χ0n) is 9.90. The molecule has 0 spiro atoms. The van der Waals surface area contributed by atoms with Crippen molar-refractivity contribution >= 4 is 5.97 Å². The lowest BCUT2D eigenvalue weighted by molar-refractivity contribution is -0.157. The Morgan fingerprint density at radius 1 is 1.31 bits per heavy atom. The van der Waals surface area contributed by atoms with E-state index < -0.39 is 0 Å². The summed E-state index contributed by atoms with van der Waals surface area (Å²) in [5, 5.41) is 0. The Morgan fingerprint density at radius 2 is 1.94 bits per heavy atom. The largest absolute Gasteiger partial charge is 0.461 e. The van der Waals surface area contributed by atoms with Crippen LogP contribution in [0.1, 0.15) is 32.3 Å². The Hall–Kier alpha value is -1.31. The van der Waals surface area contributed by atoms with Crippen LogP contribution in [0.4, 0.5) is 0 Å². The zero-order chi connectivity index (χ0) is 11.6. The maximum atomic E-state index is 11.7. The molecule has 16 heavy (non-hydrogen) atoms. The average Bonchev–Trinajstić information content (AvgIpc) is 2.24. The minimum absolute atomic E-state index is 0.0387. The number of hydrogen-bond acceptors (Lipinski definition) is 2. The van der Waals surface area contributed by atoms with Gasteiger partial charge >= 0.3 is 5.97 Å². The van der Waals surface area contributed by atoms with Crippen molar-refractivity contribution in [3.63, 3.8) is 0 Å². The van der Waals surface area contributed by atoms with Crippen LogP contribution in [-0.4, -0.2) is 5.97 Å². The third kappa shape index (κ3) is 2.63. The van der Waals surface area contributed by atoms with E-state index in [4.69, 9.17) is 4.74 Å². The zero-order valence-corrected chi connectivity index (χ0v) is 9.90. The summed E-state index contributed by atoms with van der Waals surface area (Å²) in [6, 6.07) is 9.81. The Morgan fingerprint density at radius 3 is 2.50 bits per heavy atom. The first-order chi connectivity index (χ1) is 7.57. The topological polar surface area (TPSA) is 26.3 Å². The molecule has 1 saturated carbocycles. The van der Waals surface area contributed by atoms with Crippen LogP contribution in [0.15, 0.2) is 30.3 Å². The second-order valence-electron chi connectivity index (χ2n) is 5.36. The smallest absolute Gasteiger partial charge is 0.309 e. The maximum absolute atomic E-state index is 11.7. The first-order valence-electron chi connectivity index (χ1n) is 5.77. The van der Waals surface area contributed by atoms with Crippen molar-refractivity contribution in [2.45, 2.75) is 33.3 Å². The molecule has 0 unspecified atom stereocenters. The molecular weight excluding hydrogens is 200 g/mol. The average molecular weight is 218 g/mol. The molecule has 1 aromatic carbocycles.